The van der Waals surface area contributed by atoms with Gasteiger partial charge in [0, 0.05) is 31.0 Å². The third kappa shape index (κ3) is 7.18. The second-order valence-corrected chi connectivity index (χ2v) is 13.5. The van der Waals surface area contributed by atoms with Crippen LogP contribution in [0.4, 0.5) is 0 Å². The number of benzene rings is 4. The highest BCUT2D eigenvalue weighted by molar-refractivity contribution is 5.98. The second kappa shape index (κ2) is 15.1. The van der Waals surface area contributed by atoms with Gasteiger partial charge in [-0.05, 0) is 121 Å². The number of allylic oxidation sites excluding steroid dienone is 4. The van der Waals surface area contributed by atoms with Crippen LogP contribution in [0, 0.1) is 5.92 Å². The molecule has 2 aliphatic carbocycles. The topological polar surface area (TPSA) is 92.4 Å². The first-order valence-electron chi connectivity index (χ1n) is 17.8. The molecular weight excluding hydrogens is 622 g/mol. The molecule has 0 atom stereocenters. The number of ether oxygens (including phenoxy) is 1. The highest BCUT2D eigenvalue weighted by Crippen LogP contribution is 2.40. The molecule has 0 unspecified atom stereocenters. The number of aryl methyl sites for hydroxylation is 2. The molecule has 50 heavy (non-hydrogen) atoms. The van der Waals surface area contributed by atoms with Crippen molar-refractivity contribution in [2.75, 3.05) is 20.2 Å². The highest BCUT2D eigenvalue weighted by atomic mass is 16.5. The molecule has 1 aromatic heterocycles. The van der Waals surface area contributed by atoms with Gasteiger partial charge < -0.3 is 14.6 Å². The van der Waals surface area contributed by atoms with Gasteiger partial charge >= 0.3 is 0 Å². The van der Waals surface area contributed by atoms with E-state index in [2.05, 4.69) is 52.5 Å². The van der Waals surface area contributed by atoms with Crippen LogP contribution in [0.3, 0.4) is 0 Å². The number of Topliss-reactive ketones (excluding diaryl/α,β-unsaturated/α-hetero) is 1. The Balaban J connectivity index is 0.000000302. The summed E-state index contributed by atoms with van der Waals surface area (Å²) in [7, 11) is 1.62. The summed E-state index contributed by atoms with van der Waals surface area (Å²) in [6.45, 7) is 1.33. The number of hydrogen-bond donors (Lipinski definition) is 1. The molecular formula is C43H43N3O4. The van der Waals surface area contributed by atoms with E-state index in [1.807, 2.05) is 47.4 Å². The Labute approximate surface area is 292 Å². The second-order valence-electron chi connectivity index (χ2n) is 13.5. The van der Waals surface area contributed by atoms with Gasteiger partial charge in [0.2, 0.25) is 5.91 Å². The van der Waals surface area contributed by atoms with E-state index in [1.165, 1.54) is 58.6 Å². The lowest BCUT2D eigenvalue weighted by Crippen LogP contribution is -2.40. The van der Waals surface area contributed by atoms with E-state index >= 15 is 0 Å². The number of aromatic amines is 1. The van der Waals surface area contributed by atoms with Crippen LogP contribution in [0.2, 0.25) is 0 Å². The van der Waals surface area contributed by atoms with Crippen molar-refractivity contribution in [1.82, 2.24) is 14.9 Å². The maximum Gasteiger partial charge on any atom is 0.258 e. The molecule has 2 heterocycles. The number of carbonyl (C=O) groups excluding carboxylic acids is 2. The Bertz CT molecular complexity index is 2150. The summed E-state index contributed by atoms with van der Waals surface area (Å²) in [6.07, 6.45) is 14.5. The van der Waals surface area contributed by atoms with Crippen LogP contribution in [0.25, 0.3) is 27.2 Å². The Morgan fingerprint density at radius 1 is 0.920 bits per heavy atom. The smallest absolute Gasteiger partial charge is 0.258 e. The van der Waals surface area contributed by atoms with Crippen LogP contribution in [-0.4, -0.2) is 46.8 Å². The number of piperidine rings is 1. The van der Waals surface area contributed by atoms with E-state index in [0.29, 0.717) is 24.9 Å². The van der Waals surface area contributed by atoms with Crippen LogP contribution in [-0.2, 0) is 17.6 Å². The predicted molar refractivity (Wildman–Crippen MR) is 199 cm³/mol. The lowest BCUT2D eigenvalue weighted by Gasteiger charge is -2.31. The van der Waals surface area contributed by atoms with E-state index in [4.69, 9.17) is 4.74 Å². The number of likely N-dealkylation sites (tertiary alicyclic amines) is 1. The van der Waals surface area contributed by atoms with E-state index in [1.54, 1.807) is 18.7 Å². The number of nitrogens with one attached hydrogen (secondary N) is 1. The largest absolute Gasteiger partial charge is 0.497 e. The molecule has 0 bridgehead atoms. The number of fused-ring (bicyclic) bond motifs is 5. The van der Waals surface area contributed by atoms with Gasteiger partial charge in [0.05, 0.1) is 24.3 Å². The molecule has 0 spiro atoms. The van der Waals surface area contributed by atoms with Gasteiger partial charge in [-0.1, -0.05) is 60.2 Å². The van der Waals surface area contributed by atoms with Gasteiger partial charge in [-0.2, -0.15) is 0 Å². The standard InChI is InChI=1S/C35H37NO3.C8H6N2O/c1-39-29-14-10-26(11-15-29)35(38)27-19-21-36(22-20-27)34(37)8-4-5-24-9-16-31-28(23-24)13-18-32-30-7-3-2-6-25(30)12-17-33(31)32;11-8-6-3-1-2-4-7(6)9-5-10-8/h3,7,9-11,13-16,18,23,27H,2,4-6,8,12,17,19-22H2,1H3;1-5H,(H,9,10,11). The predicted octanol–water partition coefficient (Wildman–Crippen LogP) is 8.27. The number of amides is 1. The zero-order valence-electron chi connectivity index (χ0n) is 28.6. The fourth-order valence-electron chi connectivity index (χ4n) is 7.65. The van der Waals surface area contributed by atoms with Crippen molar-refractivity contribution in [2.24, 2.45) is 5.92 Å². The Morgan fingerprint density at radius 3 is 2.54 bits per heavy atom. The third-order valence-electron chi connectivity index (χ3n) is 10.4. The van der Waals surface area contributed by atoms with Crippen molar-refractivity contribution in [1.29, 1.82) is 0 Å². The van der Waals surface area contributed by atoms with Crippen molar-refractivity contribution < 1.29 is 14.3 Å². The number of rotatable bonds is 7. The monoisotopic (exact) mass is 665 g/mol. The summed E-state index contributed by atoms with van der Waals surface area (Å²) in [5.74, 6) is 1.13. The first-order valence-corrected chi connectivity index (χ1v) is 17.8. The van der Waals surface area contributed by atoms with Crippen LogP contribution < -0.4 is 10.3 Å². The molecule has 254 valence electrons. The zero-order valence-corrected chi connectivity index (χ0v) is 28.6. The summed E-state index contributed by atoms with van der Waals surface area (Å²) in [4.78, 5) is 45.3. The number of para-hydroxylation sites is 1. The number of nitrogens with zero attached hydrogens (tertiary/aromatic N) is 2. The highest BCUT2D eigenvalue weighted by Gasteiger charge is 2.28. The molecule has 7 nitrogen and oxygen atoms in total. The van der Waals surface area contributed by atoms with Crippen molar-refractivity contribution in [3.05, 3.63) is 136 Å². The Kier molecular flexibility index (Phi) is 10.0. The Morgan fingerprint density at radius 2 is 1.74 bits per heavy atom. The number of hydrogen-bond acceptors (Lipinski definition) is 5. The maximum atomic E-state index is 12.9. The van der Waals surface area contributed by atoms with Gasteiger partial charge in [0.25, 0.3) is 5.56 Å². The summed E-state index contributed by atoms with van der Waals surface area (Å²) < 4.78 is 5.19. The van der Waals surface area contributed by atoms with Gasteiger partial charge in [-0.3, -0.25) is 14.4 Å². The number of ketones is 1. The summed E-state index contributed by atoms with van der Waals surface area (Å²) in [5, 5.41) is 3.32. The number of methoxy groups -OCH3 is 1. The summed E-state index contributed by atoms with van der Waals surface area (Å²) in [5.41, 5.74) is 8.67. The van der Waals surface area contributed by atoms with E-state index in [0.717, 1.165) is 48.9 Å². The SMILES string of the molecule is COc1ccc(C(=O)C2CCN(C(=O)CCCc3ccc4c5c(ccc4c3)C3=C(CCC=C3)CC5)CC2)cc1.O=c1[nH]cnc2ccccc12. The van der Waals surface area contributed by atoms with Gasteiger partial charge in [0.15, 0.2) is 5.78 Å². The minimum Gasteiger partial charge on any atom is -0.497 e. The minimum atomic E-state index is -0.0874. The third-order valence-corrected chi connectivity index (χ3v) is 10.4. The average molecular weight is 666 g/mol. The molecule has 1 aliphatic heterocycles. The maximum absolute atomic E-state index is 12.9. The average Bonchev–Trinajstić information content (AvgIpc) is 3.18. The lowest BCUT2D eigenvalue weighted by atomic mass is 9.79. The summed E-state index contributed by atoms with van der Waals surface area (Å²) in [6, 6.07) is 26.0. The van der Waals surface area contributed by atoms with Crippen molar-refractivity contribution >= 4 is 38.9 Å². The molecule has 1 saturated heterocycles. The molecule has 0 saturated carbocycles. The lowest BCUT2D eigenvalue weighted by molar-refractivity contribution is -0.132. The minimum absolute atomic E-state index is 0.0113. The molecule has 7 heteroatoms. The zero-order chi connectivity index (χ0) is 34.5. The van der Waals surface area contributed by atoms with E-state index in [9.17, 15) is 14.4 Å². The quantitative estimate of drug-likeness (QED) is 0.177. The van der Waals surface area contributed by atoms with Crippen LogP contribution >= 0.6 is 0 Å². The van der Waals surface area contributed by atoms with Crippen molar-refractivity contribution in [3.8, 4) is 5.75 Å². The van der Waals surface area contributed by atoms with Crippen LogP contribution in [0.5, 0.6) is 5.75 Å². The molecule has 1 N–H and O–H groups in total. The van der Waals surface area contributed by atoms with Gasteiger partial charge in [0.1, 0.15) is 5.75 Å². The first-order chi connectivity index (χ1) is 24.5. The first kappa shape index (κ1) is 33.2. The number of aromatic nitrogens is 2. The number of carbonyl (C=O) groups is 2. The number of H-pyrrole nitrogens is 1. The molecule has 1 amide bonds. The van der Waals surface area contributed by atoms with Gasteiger partial charge in [-0.15, -0.1) is 0 Å². The van der Waals surface area contributed by atoms with Crippen molar-refractivity contribution in [2.45, 2.75) is 57.8 Å². The van der Waals surface area contributed by atoms with E-state index in [-0.39, 0.29) is 23.2 Å². The Hall–Kier alpha value is -5.30. The molecule has 3 aliphatic rings. The molecule has 1 fully saturated rings. The van der Waals surface area contributed by atoms with Crippen LogP contribution in [0.15, 0.2) is 108 Å². The van der Waals surface area contributed by atoms with Crippen LogP contribution in [0.1, 0.15) is 72.0 Å². The fourth-order valence-corrected chi connectivity index (χ4v) is 7.65. The summed E-state index contributed by atoms with van der Waals surface area (Å²) >= 11 is 0. The van der Waals surface area contributed by atoms with E-state index < -0.39 is 0 Å². The van der Waals surface area contributed by atoms with Gasteiger partial charge in [-0.25, -0.2) is 4.98 Å². The normalized spacial score (nSPS) is 15.7. The molecule has 5 aromatic rings. The van der Waals surface area contributed by atoms with Crippen molar-refractivity contribution in [3.63, 3.8) is 0 Å². The molecule has 0 radical (unpaired) electrons. The fraction of sp³-hybridized carbons (Fsp3) is 0.302. The molecule has 4 aromatic carbocycles. The molecule has 8 rings (SSSR count).